The highest BCUT2D eigenvalue weighted by Gasteiger charge is 2.24. The number of benzene rings is 2. The number of hydrogen-bond acceptors (Lipinski definition) is 3. The van der Waals surface area contributed by atoms with Crippen LogP contribution < -0.4 is 10.1 Å². The van der Waals surface area contributed by atoms with Crippen molar-refractivity contribution in [1.29, 1.82) is 0 Å². The average molecular weight is 346 g/mol. The summed E-state index contributed by atoms with van der Waals surface area (Å²) in [7, 11) is 1.66. The van der Waals surface area contributed by atoms with Crippen LogP contribution in [0.4, 0.5) is 0 Å². The third-order valence-electron chi connectivity index (χ3n) is 4.41. The number of carbonyl (C=O) groups excluding carboxylic acids is 1. The first-order valence-corrected chi connectivity index (χ1v) is 8.31. The van der Waals surface area contributed by atoms with Crippen molar-refractivity contribution >= 4 is 17.5 Å². The lowest BCUT2D eigenvalue weighted by atomic mass is 10.1. The molecular formula is C19H20ClNO3. The molecule has 0 bridgehead atoms. The quantitative estimate of drug-likeness (QED) is 0.876. The molecule has 3 rings (SSSR count). The van der Waals surface area contributed by atoms with Gasteiger partial charge in [0.1, 0.15) is 5.75 Å². The number of rotatable bonds is 5. The topological polar surface area (TPSA) is 58.6 Å². The maximum atomic E-state index is 12.2. The number of fused-ring (bicyclic) bond motifs is 1. The van der Waals surface area contributed by atoms with Crippen LogP contribution in [0.25, 0.3) is 0 Å². The molecular weight excluding hydrogens is 326 g/mol. The minimum absolute atomic E-state index is 0.336. The van der Waals surface area contributed by atoms with Crippen molar-refractivity contribution in [1.82, 2.24) is 5.32 Å². The predicted molar refractivity (Wildman–Crippen MR) is 93.3 cm³/mol. The summed E-state index contributed by atoms with van der Waals surface area (Å²) in [5.41, 5.74) is 3.06. The van der Waals surface area contributed by atoms with Crippen LogP contribution in [0.3, 0.4) is 0 Å². The molecule has 2 atom stereocenters. The van der Waals surface area contributed by atoms with E-state index >= 15 is 0 Å². The lowest BCUT2D eigenvalue weighted by Gasteiger charge is -2.15. The number of methoxy groups -OCH3 is 1. The van der Waals surface area contributed by atoms with E-state index in [9.17, 15) is 9.90 Å². The van der Waals surface area contributed by atoms with Crippen LogP contribution in [0.5, 0.6) is 5.75 Å². The number of hydrogen-bond donors (Lipinski definition) is 2. The molecule has 0 saturated heterocycles. The minimum Gasteiger partial charge on any atom is -0.497 e. The Bertz CT molecular complexity index is 747. The van der Waals surface area contributed by atoms with E-state index in [4.69, 9.17) is 16.3 Å². The summed E-state index contributed by atoms with van der Waals surface area (Å²) in [5.74, 6) is 0.795. The summed E-state index contributed by atoms with van der Waals surface area (Å²) in [5, 5.41) is 13.5. The molecule has 1 amide bonds. The number of halogens is 1. The van der Waals surface area contributed by atoms with E-state index in [1.54, 1.807) is 31.4 Å². The summed E-state index contributed by atoms with van der Waals surface area (Å²) in [6.45, 7) is 0.535. The Morgan fingerprint density at radius 3 is 2.83 bits per heavy atom. The molecule has 126 valence electrons. The molecule has 0 saturated carbocycles. The van der Waals surface area contributed by atoms with Crippen molar-refractivity contribution in [3.8, 4) is 5.75 Å². The van der Waals surface area contributed by atoms with Crippen molar-refractivity contribution < 1.29 is 14.6 Å². The van der Waals surface area contributed by atoms with E-state index in [1.165, 1.54) is 11.1 Å². The van der Waals surface area contributed by atoms with Gasteiger partial charge in [0, 0.05) is 11.6 Å². The van der Waals surface area contributed by atoms with E-state index in [0.29, 0.717) is 23.0 Å². The van der Waals surface area contributed by atoms with Gasteiger partial charge in [0.2, 0.25) is 0 Å². The molecule has 0 aliphatic heterocycles. The van der Waals surface area contributed by atoms with E-state index in [2.05, 4.69) is 17.4 Å². The number of aliphatic hydroxyl groups is 1. The van der Waals surface area contributed by atoms with Crippen LogP contribution in [0.1, 0.15) is 22.8 Å². The molecule has 1 aliphatic rings. The summed E-state index contributed by atoms with van der Waals surface area (Å²) in [6, 6.07) is 12.8. The number of carbonyl (C=O) groups is 1. The SMILES string of the molecule is COc1ccc2c(c1)CC(CNC(=O)C(O)c1cccc(Cl)c1)C2. The minimum atomic E-state index is -1.20. The molecule has 4 nitrogen and oxygen atoms in total. The molecule has 0 fully saturated rings. The summed E-state index contributed by atoms with van der Waals surface area (Å²) in [4.78, 5) is 12.2. The van der Waals surface area contributed by atoms with Gasteiger partial charge in [-0.05, 0) is 59.7 Å². The van der Waals surface area contributed by atoms with Gasteiger partial charge in [0.15, 0.2) is 6.10 Å². The second kappa shape index (κ2) is 7.24. The van der Waals surface area contributed by atoms with Gasteiger partial charge in [0.25, 0.3) is 5.91 Å². The first-order valence-electron chi connectivity index (χ1n) is 7.94. The Kier molecular flexibility index (Phi) is 5.07. The highest BCUT2D eigenvalue weighted by molar-refractivity contribution is 6.30. The van der Waals surface area contributed by atoms with E-state index in [-0.39, 0.29) is 0 Å². The average Bonchev–Trinajstić information content (AvgIpc) is 3.00. The third-order valence-corrected chi connectivity index (χ3v) is 4.64. The van der Waals surface area contributed by atoms with Crippen LogP contribution in [0, 0.1) is 5.92 Å². The molecule has 2 aromatic carbocycles. The maximum absolute atomic E-state index is 12.2. The molecule has 0 heterocycles. The van der Waals surface area contributed by atoms with Gasteiger partial charge in [-0.1, -0.05) is 29.8 Å². The molecule has 0 aromatic heterocycles. The monoisotopic (exact) mass is 345 g/mol. The molecule has 0 spiro atoms. The van der Waals surface area contributed by atoms with Gasteiger partial charge in [0.05, 0.1) is 7.11 Å². The van der Waals surface area contributed by atoms with Gasteiger partial charge in [-0.3, -0.25) is 4.79 Å². The summed E-state index contributed by atoms with van der Waals surface area (Å²) < 4.78 is 5.25. The van der Waals surface area contributed by atoms with Crippen LogP contribution in [0.2, 0.25) is 5.02 Å². The lowest BCUT2D eigenvalue weighted by Crippen LogP contribution is -2.33. The molecule has 5 heteroatoms. The standard InChI is InChI=1S/C19H20ClNO3/c1-24-17-6-5-13-7-12(8-15(13)10-17)11-21-19(23)18(22)14-3-2-4-16(20)9-14/h2-6,9-10,12,18,22H,7-8,11H2,1H3,(H,21,23). The molecule has 2 aromatic rings. The summed E-state index contributed by atoms with van der Waals surface area (Å²) >= 11 is 5.90. The van der Waals surface area contributed by atoms with Crippen molar-refractivity contribution in [2.45, 2.75) is 18.9 Å². The molecule has 24 heavy (non-hydrogen) atoms. The van der Waals surface area contributed by atoms with Gasteiger partial charge >= 0.3 is 0 Å². The Hall–Kier alpha value is -2.04. The Morgan fingerprint density at radius 2 is 2.08 bits per heavy atom. The van der Waals surface area contributed by atoms with Crippen LogP contribution in [-0.2, 0) is 17.6 Å². The Labute approximate surface area is 146 Å². The maximum Gasteiger partial charge on any atom is 0.253 e. The zero-order valence-electron chi connectivity index (χ0n) is 13.5. The van der Waals surface area contributed by atoms with Gasteiger partial charge < -0.3 is 15.2 Å². The second-order valence-corrected chi connectivity index (χ2v) is 6.55. The smallest absolute Gasteiger partial charge is 0.253 e. The van der Waals surface area contributed by atoms with Crippen molar-refractivity contribution in [2.75, 3.05) is 13.7 Å². The van der Waals surface area contributed by atoms with Crippen LogP contribution in [-0.4, -0.2) is 24.7 Å². The Balaban J connectivity index is 1.56. The summed E-state index contributed by atoms with van der Waals surface area (Å²) in [6.07, 6.45) is 0.625. The first kappa shape index (κ1) is 16.8. The van der Waals surface area contributed by atoms with Gasteiger partial charge in [-0.2, -0.15) is 0 Å². The third kappa shape index (κ3) is 3.71. The van der Waals surface area contributed by atoms with Gasteiger partial charge in [-0.25, -0.2) is 0 Å². The number of amides is 1. The van der Waals surface area contributed by atoms with Gasteiger partial charge in [-0.15, -0.1) is 0 Å². The van der Waals surface area contributed by atoms with E-state index in [1.807, 2.05) is 6.07 Å². The second-order valence-electron chi connectivity index (χ2n) is 6.11. The van der Waals surface area contributed by atoms with E-state index < -0.39 is 12.0 Å². The van der Waals surface area contributed by atoms with Crippen LogP contribution in [0.15, 0.2) is 42.5 Å². The number of nitrogens with one attached hydrogen (secondary N) is 1. The molecule has 2 unspecified atom stereocenters. The lowest BCUT2D eigenvalue weighted by molar-refractivity contribution is -0.129. The Morgan fingerprint density at radius 1 is 1.29 bits per heavy atom. The molecule has 1 aliphatic carbocycles. The molecule has 0 radical (unpaired) electrons. The fourth-order valence-electron chi connectivity index (χ4n) is 3.13. The highest BCUT2D eigenvalue weighted by Crippen LogP contribution is 2.29. The van der Waals surface area contributed by atoms with Crippen molar-refractivity contribution in [2.24, 2.45) is 5.92 Å². The number of aliphatic hydroxyl groups excluding tert-OH is 1. The highest BCUT2D eigenvalue weighted by atomic mass is 35.5. The van der Waals surface area contributed by atoms with E-state index in [0.717, 1.165) is 18.6 Å². The fourth-order valence-corrected chi connectivity index (χ4v) is 3.33. The van der Waals surface area contributed by atoms with Crippen LogP contribution >= 0.6 is 11.6 Å². The zero-order chi connectivity index (χ0) is 17.1. The largest absolute Gasteiger partial charge is 0.497 e. The van der Waals surface area contributed by atoms with Crippen molar-refractivity contribution in [3.05, 3.63) is 64.2 Å². The zero-order valence-corrected chi connectivity index (χ0v) is 14.2. The normalized spacial score (nSPS) is 17.2. The molecule has 2 N–H and O–H groups in total. The predicted octanol–water partition coefficient (Wildman–Crippen LogP) is 2.91. The number of ether oxygens (including phenoxy) is 1. The van der Waals surface area contributed by atoms with Crippen molar-refractivity contribution in [3.63, 3.8) is 0 Å². The first-order chi connectivity index (χ1) is 11.6. The fraction of sp³-hybridized carbons (Fsp3) is 0.316.